The fourth-order valence-electron chi connectivity index (χ4n) is 2.74. The predicted molar refractivity (Wildman–Crippen MR) is 100 cm³/mol. The van der Waals surface area contributed by atoms with Crippen LogP contribution in [0.1, 0.15) is 13.2 Å². The van der Waals surface area contributed by atoms with Crippen molar-refractivity contribution in [1.82, 2.24) is 9.97 Å². The summed E-state index contributed by atoms with van der Waals surface area (Å²) in [7, 11) is 0. The molecular weight excluding hydrogens is 298 g/mol. The number of nitrogens with zero attached hydrogens (tertiary/aromatic N) is 1. The summed E-state index contributed by atoms with van der Waals surface area (Å²) in [6.07, 6.45) is 3.66. The molecule has 0 saturated carbocycles. The number of pyridine rings is 1. The Balaban J connectivity index is 0.00000121. The molecule has 0 atom stereocenters. The number of hydrogen-bond acceptors (Lipinski definition) is 2. The van der Waals surface area contributed by atoms with E-state index in [-0.39, 0.29) is 8.76 Å². The lowest BCUT2D eigenvalue weighted by atomic mass is 10.0. The van der Waals surface area contributed by atoms with Crippen molar-refractivity contribution in [2.45, 2.75) is 0 Å². The summed E-state index contributed by atoms with van der Waals surface area (Å²) < 4.78 is 0. The molecule has 1 amide bonds. The molecule has 0 fully saturated rings. The quantitative estimate of drug-likeness (QED) is 0.560. The summed E-state index contributed by atoms with van der Waals surface area (Å²) in [6.45, 7) is 0. The maximum absolute atomic E-state index is 12.3. The monoisotopic (exact) mass is 317 g/mol. The number of amides is 1. The number of carbonyl (C=O) groups is 1. The van der Waals surface area contributed by atoms with Gasteiger partial charge in [-0.25, -0.2) is 4.98 Å². The van der Waals surface area contributed by atoms with Gasteiger partial charge in [-0.05, 0) is 47.5 Å². The summed E-state index contributed by atoms with van der Waals surface area (Å²) in [5, 5.41) is 3.96. The zero-order valence-electron chi connectivity index (χ0n) is 12.9. The Morgan fingerprint density at radius 2 is 1.75 bits per heavy atom. The zero-order chi connectivity index (χ0) is 16.4. The summed E-state index contributed by atoms with van der Waals surface area (Å²) >= 11 is 0. The molecule has 4 aromatic rings. The van der Waals surface area contributed by atoms with Crippen LogP contribution in [0.3, 0.4) is 0 Å². The molecule has 4 rings (SSSR count). The Labute approximate surface area is 142 Å². The first-order valence-corrected chi connectivity index (χ1v) is 7.70. The van der Waals surface area contributed by atoms with Crippen LogP contribution >= 0.6 is 0 Å². The highest BCUT2D eigenvalue weighted by atomic mass is 16.1. The van der Waals surface area contributed by atoms with E-state index in [0.29, 0.717) is 5.56 Å². The number of nitrogens with one attached hydrogen (secondary N) is 2. The number of aromatic amines is 1. The molecule has 4 nitrogen and oxygen atoms in total. The van der Waals surface area contributed by atoms with Crippen molar-refractivity contribution in [2.24, 2.45) is 0 Å². The van der Waals surface area contributed by atoms with Gasteiger partial charge in [0, 0.05) is 31.9 Å². The van der Waals surface area contributed by atoms with Crippen molar-refractivity contribution < 1.29 is 7.65 Å². The lowest BCUT2D eigenvalue weighted by molar-refractivity contribution is 0.102. The minimum atomic E-state index is -0.116. The second-order valence-electron chi connectivity index (χ2n) is 5.50. The molecule has 0 saturated heterocycles. The Morgan fingerprint density at radius 1 is 0.958 bits per heavy atom. The number of rotatable bonds is 3. The van der Waals surface area contributed by atoms with E-state index in [9.17, 15) is 4.79 Å². The fraction of sp³-hybridized carbons (Fsp3) is 0. The van der Waals surface area contributed by atoms with Crippen molar-refractivity contribution in [1.29, 1.82) is 0 Å². The number of aromatic nitrogens is 2. The molecule has 120 valence electrons. The first-order valence-electron chi connectivity index (χ1n) is 7.70. The van der Waals surface area contributed by atoms with Crippen molar-refractivity contribution in [3.8, 4) is 11.1 Å². The Morgan fingerprint density at radius 3 is 2.54 bits per heavy atom. The van der Waals surface area contributed by atoms with Gasteiger partial charge < -0.3 is 10.3 Å². The normalized spacial score (nSPS) is 10.7. The number of carbonyl (C=O) groups excluding carboxylic acids is 1. The molecule has 0 spiro atoms. The second kappa shape index (κ2) is 6.01. The molecular formula is C20H19N3O. The van der Waals surface area contributed by atoms with E-state index < -0.39 is 0 Å². The lowest BCUT2D eigenvalue weighted by Gasteiger charge is -2.07. The van der Waals surface area contributed by atoms with Crippen LogP contribution in [0, 0.1) is 0 Å². The molecule has 0 radical (unpaired) electrons. The van der Waals surface area contributed by atoms with Crippen LogP contribution in [0.2, 0.25) is 0 Å². The third-order valence-electron chi connectivity index (χ3n) is 3.95. The molecule has 0 unspecified atom stereocenters. The zero-order valence-corrected chi connectivity index (χ0v) is 12.9. The Kier molecular flexibility index (Phi) is 3.56. The third-order valence-corrected chi connectivity index (χ3v) is 3.95. The molecule has 0 aliphatic rings. The van der Waals surface area contributed by atoms with Crippen molar-refractivity contribution >= 4 is 22.6 Å². The van der Waals surface area contributed by atoms with Gasteiger partial charge in [0.1, 0.15) is 5.65 Å². The molecule has 2 aromatic heterocycles. The van der Waals surface area contributed by atoms with E-state index in [2.05, 4.69) is 15.3 Å². The van der Waals surface area contributed by atoms with Crippen LogP contribution in [0.15, 0.2) is 79.1 Å². The van der Waals surface area contributed by atoms with E-state index in [0.717, 1.165) is 27.8 Å². The number of para-hydroxylation sites is 1. The number of H-pyrrole nitrogens is 1. The number of anilines is 1. The van der Waals surface area contributed by atoms with Crippen molar-refractivity contribution in [3.05, 3.63) is 84.7 Å². The summed E-state index contributed by atoms with van der Waals surface area (Å²) in [4.78, 5) is 19.7. The van der Waals surface area contributed by atoms with Crippen LogP contribution < -0.4 is 5.32 Å². The Hall–Kier alpha value is -3.40. The molecule has 0 aliphatic heterocycles. The van der Waals surface area contributed by atoms with Crippen LogP contribution in [0.25, 0.3) is 22.2 Å². The molecule has 24 heavy (non-hydrogen) atoms. The average molecular weight is 317 g/mol. The van der Waals surface area contributed by atoms with Gasteiger partial charge in [-0.1, -0.05) is 30.3 Å². The van der Waals surface area contributed by atoms with Gasteiger partial charge >= 0.3 is 0 Å². The first kappa shape index (κ1) is 14.2. The molecule has 4 heteroatoms. The van der Waals surface area contributed by atoms with Crippen LogP contribution in [-0.4, -0.2) is 15.9 Å². The van der Waals surface area contributed by atoms with Gasteiger partial charge in [-0.2, -0.15) is 0 Å². The first-order chi connectivity index (χ1) is 11.8. The number of benzene rings is 2. The van der Waals surface area contributed by atoms with Crippen LogP contribution in [0.5, 0.6) is 0 Å². The highest BCUT2D eigenvalue weighted by Gasteiger charge is 2.08. The van der Waals surface area contributed by atoms with Crippen LogP contribution in [0.4, 0.5) is 5.69 Å². The lowest BCUT2D eigenvalue weighted by Crippen LogP contribution is -2.11. The van der Waals surface area contributed by atoms with E-state index in [4.69, 9.17) is 0 Å². The van der Waals surface area contributed by atoms with E-state index >= 15 is 0 Å². The minimum Gasteiger partial charge on any atom is -0.346 e. The average Bonchev–Trinajstić information content (AvgIpc) is 3.11. The van der Waals surface area contributed by atoms with Gasteiger partial charge in [-0.15, -0.1) is 0 Å². The number of fused-ring (bicyclic) bond motifs is 1. The standard InChI is InChI=1S/C20H15N3O.2H2/c24-20(23-16-4-2-1-3-5-16)15-8-6-14(7-9-15)17-10-12-21-19-18(17)11-13-22-19;;/h1-13H,(H,21,22)(H,23,24);2*1H. The molecule has 2 heterocycles. The Bertz CT molecular complexity index is 998. The fourth-order valence-corrected chi connectivity index (χ4v) is 2.74. The van der Waals surface area contributed by atoms with E-state index in [1.165, 1.54) is 0 Å². The maximum Gasteiger partial charge on any atom is 0.255 e. The van der Waals surface area contributed by atoms with Gasteiger partial charge in [0.05, 0.1) is 0 Å². The second-order valence-corrected chi connectivity index (χ2v) is 5.50. The van der Waals surface area contributed by atoms with Gasteiger partial charge in [0.25, 0.3) is 5.91 Å². The number of hydrogen-bond donors (Lipinski definition) is 2. The summed E-state index contributed by atoms with van der Waals surface area (Å²) in [5.41, 5.74) is 4.42. The van der Waals surface area contributed by atoms with E-state index in [1.807, 2.05) is 72.9 Å². The topological polar surface area (TPSA) is 57.8 Å². The van der Waals surface area contributed by atoms with E-state index in [1.54, 1.807) is 6.20 Å². The predicted octanol–water partition coefficient (Wildman–Crippen LogP) is 4.97. The van der Waals surface area contributed by atoms with Crippen LogP contribution in [-0.2, 0) is 0 Å². The van der Waals surface area contributed by atoms with Gasteiger partial charge in [-0.3, -0.25) is 4.79 Å². The molecule has 2 N–H and O–H groups in total. The summed E-state index contributed by atoms with van der Waals surface area (Å²) in [5.74, 6) is -0.116. The molecule has 0 bridgehead atoms. The highest BCUT2D eigenvalue weighted by Crippen LogP contribution is 2.27. The smallest absolute Gasteiger partial charge is 0.255 e. The van der Waals surface area contributed by atoms with Gasteiger partial charge in [0.2, 0.25) is 0 Å². The highest BCUT2D eigenvalue weighted by molar-refractivity contribution is 6.04. The minimum absolute atomic E-state index is 0. The van der Waals surface area contributed by atoms with Crippen molar-refractivity contribution in [3.63, 3.8) is 0 Å². The van der Waals surface area contributed by atoms with Crippen molar-refractivity contribution in [2.75, 3.05) is 5.32 Å². The molecule has 2 aromatic carbocycles. The largest absolute Gasteiger partial charge is 0.346 e. The summed E-state index contributed by atoms with van der Waals surface area (Å²) in [6, 6.07) is 21.0. The third kappa shape index (κ3) is 2.65. The molecule has 0 aliphatic carbocycles. The maximum atomic E-state index is 12.3. The van der Waals surface area contributed by atoms with Gasteiger partial charge in [0.15, 0.2) is 0 Å². The SMILES string of the molecule is O=C(Nc1ccccc1)c1ccc(-c2ccnc3[nH]ccc23)cc1.[HH].[HH].